The predicted octanol–water partition coefficient (Wildman–Crippen LogP) is -6.06. The van der Waals surface area contributed by atoms with Gasteiger partial charge in [0.1, 0.15) is 0 Å². The second kappa shape index (κ2) is 15.6. The Bertz CT molecular complexity index is 895. The molecule has 0 unspecified atom stereocenters. The van der Waals surface area contributed by atoms with Crippen LogP contribution >= 0.6 is 0 Å². The van der Waals surface area contributed by atoms with Crippen LogP contribution in [0.15, 0.2) is 0 Å². The minimum atomic E-state index is -5.31. The van der Waals surface area contributed by atoms with E-state index in [9.17, 15) is 77.8 Å². The first-order chi connectivity index (χ1) is 12.6. The molecule has 0 rings (SSSR count). The van der Waals surface area contributed by atoms with Gasteiger partial charge in [-0.1, -0.05) is 0 Å². The monoisotopic (exact) mass is 645 g/mol. The van der Waals surface area contributed by atoms with Crippen molar-refractivity contribution in [2.24, 2.45) is 0 Å². The van der Waals surface area contributed by atoms with Gasteiger partial charge in [-0.3, -0.25) is 0 Å². The summed E-state index contributed by atoms with van der Waals surface area (Å²) in [5, 5.41) is 0. The normalized spacial score (nSPS) is 12.6. The van der Waals surface area contributed by atoms with E-state index in [-0.39, 0.29) is 24.7 Å². The third kappa shape index (κ3) is 57.1. The molecule has 0 radical (unpaired) electrons. The van der Waals surface area contributed by atoms with Crippen molar-refractivity contribution in [1.82, 2.24) is 6.15 Å². The van der Waals surface area contributed by atoms with E-state index in [1.807, 2.05) is 0 Å². The fourth-order valence-corrected chi connectivity index (χ4v) is 1.84. The van der Waals surface area contributed by atoms with Crippen molar-refractivity contribution in [2.45, 2.75) is 0 Å². The third-order valence-electron chi connectivity index (χ3n) is 0.583. The largest absolute Gasteiger partial charge is 5.00 e. The minimum Gasteiger partial charge on any atom is -0.724 e. The second-order valence-electron chi connectivity index (χ2n) is 2.86. The van der Waals surface area contributed by atoms with E-state index in [1.54, 1.807) is 0 Å². The number of quaternary nitrogens is 1. The van der Waals surface area contributed by atoms with E-state index < -0.39 is 62.4 Å². The van der Waals surface area contributed by atoms with Crippen LogP contribution in [0.4, 0.5) is 0 Å². The summed E-state index contributed by atoms with van der Waals surface area (Å²) in [7, 11) is -31.9. The first-order valence-corrected chi connectivity index (χ1v) is 12.5. The van der Waals surface area contributed by atoms with Crippen LogP contribution in [-0.2, 0) is 107 Å². The first-order valence-electron chi connectivity index (χ1n) is 4.50. The fourth-order valence-electron chi connectivity index (χ4n) is 0.204. The Kier molecular flexibility index (Phi) is 20.5. The Hall–Kier alpha value is -0.236. The summed E-state index contributed by atoms with van der Waals surface area (Å²) in [4.78, 5) is 0. The summed E-state index contributed by atoms with van der Waals surface area (Å²) in [6.07, 6.45) is 0. The van der Waals surface area contributed by atoms with Crippen molar-refractivity contribution in [1.29, 1.82) is 0 Å². The topological polar surface area (TPSA) is 435 Å². The van der Waals surface area contributed by atoms with Crippen molar-refractivity contribution in [3.8, 4) is 0 Å². The second-order valence-corrected chi connectivity index (χ2v) is 8.57. The molecule has 194 valence electrons. The van der Waals surface area contributed by atoms with E-state index in [1.165, 1.54) is 0 Å². The summed E-state index contributed by atoms with van der Waals surface area (Å²) in [5.41, 5.74) is 0. The SMILES string of the molecule is O=S(=O)([O-])OOS(=O)(=O)[O-].O=S(=O)([O-])OOS(=O)(=O)[O-].O=S(=O)([O-])OOS(=O)(=O)[O-].[NH4+].[V+5]. The van der Waals surface area contributed by atoms with Crippen LogP contribution in [0.5, 0.6) is 0 Å². The molecule has 0 heterocycles. The van der Waals surface area contributed by atoms with E-state index in [0.717, 1.165) is 0 Å². The van der Waals surface area contributed by atoms with Gasteiger partial charge in [0.15, 0.2) is 0 Å². The standard InChI is InChI=1S/H3N.3H2O8S2.V/c;3*1-9(2,3)7-8-10(4,5)6;/h1H3;3*(H,1,2,3)(H,4,5,6);/q;;;;+5/p-5. The van der Waals surface area contributed by atoms with Crippen LogP contribution in [-0.4, -0.2) is 77.8 Å². The van der Waals surface area contributed by atoms with Crippen LogP contribution in [0.1, 0.15) is 0 Å². The summed E-state index contributed by atoms with van der Waals surface area (Å²) < 4.78 is 184. The van der Waals surface area contributed by atoms with Gasteiger partial charge in [0, 0.05) is 0 Å². The molecule has 25 nitrogen and oxygen atoms in total. The average molecular weight is 645 g/mol. The minimum absolute atomic E-state index is 0. The molecule has 0 saturated heterocycles. The maximum absolute atomic E-state index is 9.37. The van der Waals surface area contributed by atoms with Crippen molar-refractivity contribution in [3.63, 3.8) is 0 Å². The maximum Gasteiger partial charge on any atom is 5.00 e. The average Bonchev–Trinajstić information content (AvgIpc) is 2.38. The van der Waals surface area contributed by atoms with Crippen molar-refractivity contribution in [2.75, 3.05) is 0 Å². The molecule has 0 fully saturated rings. The molecule has 0 aliphatic carbocycles. The summed E-state index contributed by atoms with van der Waals surface area (Å²) in [5.74, 6) is 0. The summed E-state index contributed by atoms with van der Waals surface area (Å²) in [6.45, 7) is 0. The molecular formula is H4NO24S6V. The zero-order valence-electron chi connectivity index (χ0n) is 13.7. The fraction of sp³-hybridized carbons (Fsp3) is 0. The first kappa shape index (κ1) is 42.0. The van der Waals surface area contributed by atoms with Gasteiger partial charge < -0.3 is 33.5 Å². The molecule has 32 heavy (non-hydrogen) atoms. The van der Waals surface area contributed by atoms with Gasteiger partial charge in [0.05, 0.1) is 0 Å². The van der Waals surface area contributed by atoms with Crippen LogP contribution < -0.4 is 6.15 Å². The van der Waals surface area contributed by atoms with Crippen LogP contribution in [0, 0.1) is 0 Å². The number of hydrogen-bond acceptors (Lipinski definition) is 24. The van der Waals surface area contributed by atoms with Gasteiger partial charge in [-0.15, -0.1) is 26.0 Å². The molecule has 0 aliphatic rings. The van der Waals surface area contributed by atoms with Gasteiger partial charge in [-0.25, -0.2) is 50.5 Å². The molecule has 0 amide bonds. The zero-order chi connectivity index (χ0) is 25.2. The van der Waals surface area contributed by atoms with Gasteiger partial charge in [-0.2, -0.15) is 0 Å². The molecule has 0 bridgehead atoms. The van der Waals surface area contributed by atoms with Gasteiger partial charge in [-0.05, 0) is 0 Å². The number of rotatable bonds is 9. The van der Waals surface area contributed by atoms with E-state index in [2.05, 4.69) is 26.0 Å². The van der Waals surface area contributed by atoms with Crippen LogP contribution in [0.3, 0.4) is 0 Å². The quantitative estimate of drug-likeness (QED) is 0.105. The summed E-state index contributed by atoms with van der Waals surface area (Å²) in [6, 6.07) is 0. The van der Waals surface area contributed by atoms with E-state index in [0.29, 0.717) is 0 Å². The van der Waals surface area contributed by atoms with Crippen molar-refractivity contribution in [3.05, 3.63) is 0 Å². The molecule has 0 aliphatic heterocycles. The Balaban J connectivity index is -0.000000110. The third-order valence-corrected chi connectivity index (χ3v) is 2.25. The van der Waals surface area contributed by atoms with E-state index in [4.69, 9.17) is 0 Å². The van der Waals surface area contributed by atoms with Crippen LogP contribution in [0.2, 0.25) is 0 Å². The molecule has 0 aromatic carbocycles. The smallest absolute Gasteiger partial charge is 0.724 e. The van der Waals surface area contributed by atoms with Crippen LogP contribution in [0.25, 0.3) is 0 Å². The molecule has 0 atom stereocenters. The molecule has 0 aromatic rings. The van der Waals surface area contributed by atoms with Gasteiger partial charge in [0.2, 0.25) is 62.4 Å². The Morgan fingerprint density at radius 3 is 0.406 bits per heavy atom. The van der Waals surface area contributed by atoms with Gasteiger partial charge >= 0.3 is 18.6 Å². The predicted molar refractivity (Wildman–Crippen MR) is 70.7 cm³/mol. The zero-order valence-corrected chi connectivity index (χ0v) is 20.0. The molecule has 32 heteroatoms. The Labute approximate surface area is 190 Å². The maximum atomic E-state index is 9.37. The summed E-state index contributed by atoms with van der Waals surface area (Å²) >= 11 is 0. The molecule has 0 aromatic heterocycles. The number of hydrogen-bond donors (Lipinski definition) is 1. The molecule has 0 saturated carbocycles. The van der Waals surface area contributed by atoms with Crippen molar-refractivity contribution >= 4 is 62.4 Å². The van der Waals surface area contributed by atoms with Gasteiger partial charge in [0.25, 0.3) is 0 Å². The Morgan fingerprint density at radius 2 is 0.375 bits per heavy atom. The molecular weight excluding hydrogens is 641 g/mol. The van der Waals surface area contributed by atoms with E-state index >= 15 is 0 Å². The molecule has 4 N–H and O–H groups in total. The Morgan fingerprint density at radius 1 is 0.312 bits per heavy atom. The van der Waals surface area contributed by atoms with Crippen molar-refractivity contribution < 1.29 is 122 Å². The molecule has 0 spiro atoms.